The molecule has 3 heteroatoms. The molecule has 0 bridgehead atoms. The number of para-hydroxylation sites is 2. The number of anilines is 2. The maximum atomic E-state index is 5.88. The van der Waals surface area contributed by atoms with Crippen LogP contribution in [0.1, 0.15) is 11.8 Å². The van der Waals surface area contributed by atoms with Crippen molar-refractivity contribution in [1.29, 1.82) is 0 Å². The zero-order valence-electron chi connectivity index (χ0n) is 9.31. The topological polar surface area (TPSA) is 38.0 Å². The van der Waals surface area contributed by atoms with E-state index in [0.717, 1.165) is 17.8 Å². The van der Waals surface area contributed by atoms with Crippen molar-refractivity contribution < 1.29 is 0 Å². The van der Waals surface area contributed by atoms with Crippen LogP contribution in [0.5, 0.6) is 0 Å². The van der Waals surface area contributed by atoms with Crippen molar-refractivity contribution >= 4 is 22.7 Å². The molecule has 0 aliphatic rings. The molecule has 2 nitrogen and oxygen atoms in total. The Balaban J connectivity index is 1.97. The highest BCUT2D eigenvalue weighted by Gasteiger charge is 2.05. The van der Waals surface area contributed by atoms with Crippen LogP contribution in [0.15, 0.2) is 41.8 Å². The molecule has 0 saturated heterocycles. The van der Waals surface area contributed by atoms with Crippen LogP contribution in [-0.4, -0.2) is 6.04 Å². The molecule has 0 saturated carbocycles. The molecule has 0 spiro atoms. The fraction of sp³-hybridized carbons (Fsp3) is 0.231. The molecule has 0 fully saturated rings. The Morgan fingerprint density at radius 3 is 2.75 bits per heavy atom. The van der Waals surface area contributed by atoms with Crippen molar-refractivity contribution in [2.75, 3.05) is 11.1 Å². The summed E-state index contributed by atoms with van der Waals surface area (Å²) in [4.78, 5) is 1.40. The second-order valence-corrected chi connectivity index (χ2v) is 4.95. The van der Waals surface area contributed by atoms with E-state index in [-0.39, 0.29) is 0 Å². The van der Waals surface area contributed by atoms with Crippen LogP contribution < -0.4 is 11.1 Å². The third-order valence-electron chi connectivity index (χ3n) is 2.45. The van der Waals surface area contributed by atoms with Gasteiger partial charge in [0, 0.05) is 17.3 Å². The highest BCUT2D eigenvalue weighted by molar-refractivity contribution is 7.09. The van der Waals surface area contributed by atoms with Gasteiger partial charge in [-0.2, -0.15) is 0 Å². The first kappa shape index (κ1) is 11.0. The smallest absolute Gasteiger partial charge is 0.0576 e. The molecular formula is C13H16N2S. The van der Waals surface area contributed by atoms with Gasteiger partial charge in [0.05, 0.1) is 11.4 Å². The molecule has 16 heavy (non-hydrogen) atoms. The van der Waals surface area contributed by atoms with E-state index >= 15 is 0 Å². The van der Waals surface area contributed by atoms with E-state index in [1.807, 2.05) is 24.3 Å². The molecule has 1 unspecified atom stereocenters. The van der Waals surface area contributed by atoms with Gasteiger partial charge in [0.25, 0.3) is 0 Å². The summed E-state index contributed by atoms with van der Waals surface area (Å²) in [7, 11) is 0. The molecule has 1 aromatic carbocycles. The maximum Gasteiger partial charge on any atom is 0.0576 e. The van der Waals surface area contributed by atoms with Gasteiger partial charge in [-0.3, -0.25) is 0 Å². The Kier molecular flexibility index (Phi) is 3.47. The number of thiophene rings is 1. The molecule has 1 atom stereocenters. The van der Waals surface area contributed by atoms with Crippen molar-refractivity contribution in [3.05, 3.63) is 46.7 Å². The largest absolute Gasteiger partial charge is 0.397 e. The summed E-state index contributed by atoms with van der Waals surface area (Å²) < 4.78 is 0. The fourth-order valence-electron chi connectivity index (χ4n) is 1.68. The molecule has 0 amide bonds. The van der Waals surface area contributed by atoms with Crippen molar-refractivity contribution in [1.82, 2.24) is 0 Å². The van der Waals surface area contributed by atoms with Crippen molar-refractivity contribution in [3.8, 4) is 0 Å². The first-order valence-electron chi connectivity index (χ1n) is 5.39. The summed E-state index contributed by atoms with van der Waals surface area (Å²) in [6.45, 7) is 2.17. The Bertz CT molecular complexity index is 437. The average molecular weight is 232 g/mol. The highest BCUT2D eigenvalue weighted by Crippen LogP contribution is 2.19. The normalized spacial score (nSPS) is 12.3. The number of benzene rings is 1. The van der Waals surface area contributed by atoms with Crippen LogP contribution in [0, 0.1) is 0 Å². The summed E-state index contributed by atoms with van der Waals surface area (Å²) in [6.07, 6.45) is 1.03. The van der Waals surface area contributed by atoms with Crippen LogP contribution in [0.3, 0.4) is 0 Å². The van der Waals surface area contributed by atoms with Crippen molar-refractivity contribution in [2.45, 2.75) is 19.4 Å². The highest BCUT2D eigenvalue weighted by atomic mass is 32.1. The second kappa shape index (κ2) is 5.03. The lowest BCUT2D eigenvalue weighted by Crippen LogP contribution is -2.18. The molecule has 2 aromatic rings. The van der Waals surface area contributed by atoms with Gasteiger partial charge in [-0.15, -0.1) is 11.3 Å². The molecule has 0 aliphatic heterocycles. The number of hydrogen-bond acceptors (Lipinski definition) is 3. The van der Waals surface area contributed by atoms with E-state index in [2.05, 4.69) is 29.8 Å². The van der Waals surface area contributed by atoms with Crippen LogP contribution in [0.25, 0.3) is 0 Å². The zero-order valence-corrected chi connectivity index (χ0v) is 10.1. The zero-order chi connectivity index (χ0) is 11.4. The van der Waals surface area contributed by atoms with E-state index in [1.54, 1.807) is 11.3 Å². The first-order chi connectivity index (χ1) is 7.75. The third kappa shape index (κ3) is 2.76. The van der Waals surface area contributed by atoms with Crippen LogP contribution in [0.4, 0.5) is 11.4 Å². The van der Waals surface area contributed by atoms with E-state index in [9.17, 15) is 0 Å². The molecule has 3 N–H and O–H groups in total. The molecule has 0 radical (unpaired) electrons. The Morgan fingerprint density at radius 1 is 1.25 bits per heavy atom. The Labute approximate surface area is 100 Å². The van der Waals surface area contributed by atoms with Gasteiger partial charge in [-0.25, -0.2) is 0 Å². The second-order valence-electron chi connectivity index (χ2n) is 3.92. The minimum absolute atomic E-state index is 0.392. The summed E-state index contributed by atoms with van der Waals surface area (Å²) in [6, 6.07) is 12.5. The van der Waals surface area contributed by atoms with Gasteiger partial charge in [0.15, 0.2) is 0 Å². The Hall–Kier alpha value is -1.48. The third-order valence-corrected chi connectivity index (χ3v) is 3.35. The first-order valence-corrected chi connectivity index (χ1v) is 6.27. The van der Waals surface area contributed by atoms with Gasteiger partial charge in [-0.05, 0) is 30.5 Å². The Morgan fingerprint density at radius 2 is 2.06 bits per heavy atom. The molecule has 1 aromatic heterocycles. The van der Waals surface area contributed by atoms with Crippen LogP contribution in [-0.2, 0) is 6.42 Å². The lowest BCUT2D eigenvalue weighted by atomic mass is 10.2. The van der Waals surface area contributed by atoms with Crippen molar-refractivity contribution in [3.63, 3.8) is 0 Å². The number of nitrogen functional groups attached to an aromatic ring is 1. The number of rotatable bonds is 4. The summed E-state index contributed by atoms with van der Waals surface area (Å²) in [5, 5.41) is 5.54. The molecule has 2 rings (SSSR count). The van der Waals surface area contributed by atoms with Crippen molar-refractivity contribution in [2.24, 2.45) is 0 Å². The van der Waals surface area contributed by atoms with E-state index in [0.29, 0.717) is 6.04 Å². The number of nitrogens with one attached hydrogen (secondary N) is 1. The fourth-order valence-corrected chi connectivity index (χ4v) is 2.51. The molecule has 0 aliphatic carbocycles. The van der Waals surface area contributed by atoms with Gasteiger partial charge < -0.3 is 11.1 Å². The minimum atomic E-state index is 0.392. The number of nitrogens with two attached hydrogens (primary N) is 1. The SMILES string of the molecule is CC(Cc1cccs1)Nc1ccccc1N. The lowest BCUT2D eigenvalue weighted by molar-refractivity contribution is 0.801. The minimum Gasteiger partial charge on any atom is -0.397 e. The van der Waals surface area contributed by atoms with Crippen LogP contribution in [0.2, 0.25) is 0 Å². The van der Waals surface area contributed by atoms with E-state index < -0.39 is 0 Å². The lowest BCUT2D eigenvalue weighted by Gasteiger charge is -2.15. The number of hydrogen-bond donors (Lipinski definition) is 2. The molecular weight excluding hydrogens is 216 g/mol. The average Bonchev–Trinajstić information content (AvgIpc) is 2.74. The molecule has 1 heterocycles. The summed E-state index contributed by atoms with van der Waals surface area (Å²) >= 11 is 1.79. The van der Waals surface area contributed by atoms with Gasteiger partial charge in [0.1, 0.15) is 0 Å². The summed E-state index contributed by atoms with van der Waals surface area (Å²) in [5.74, 6) is 0. The summed E-state index contributed by atoms with van der Waals surface area (Å²) in [5.41, 5.74) is 7.71. The van der Waals surface area contributed by atoms with Gasteiger partial charge in [-0.1, -0.05) is 18.2 Å². The monoisotopic (exact) mass is 232 g/mol. The molecule has 84 valence electrons. The van der Waals surface area contributed by atoms with Gasteiger partial charge in [0.2, 0.25) is 0 Å². The van der Waals surface area contributed by atoms with E-state index in [4.69, 9.17) is 5.73 Å². The predicted octanol–water partition coefficient (Wildman–Crippen LogP) is 3.37. The van der Waals surface area contributed by atoms with Gasteiger partial charge >= 0.3 is 0 Å². The maximum absolute atomic E-state index is 5.88. The van der Waals surface area contributed by atoms with Crippen LogP contribution >= 0.6 is 11.3 Å². The standard InChI is InChI=1S/C13H16N2S/c1-10(9-11-5-4-8-16-11)15-13-7-3-2-6-12(13)14/h2-8,10,15H,9,14H2,1H3. The van der Waals surface area contributed by atoms with E-state index in [1.165, 1.54) is 4.88 Å². The quantitative estimate of drug-likeness (QED) is 0.793. The predicted molar refractivity (Wildman–Crippen MR) is 72.0 cm³/mol.